The number of carboxylic acid groups (broad SMARTS) is 1. The number of likely N-dealkylation sites (tertiary alicyclic amines) is 1. The first-order chi connectivity index (χ1) is 12.0. The van der Waals surface area contributed by atoms with Gasteiger partial charge in [0.05, 0.1) is 0 Å². The number of carboxylic acids is 1. The Morgan fingerprint density at radius 2 is 2.24 bits per heavy atom. The molecule has 1 aromatic heterocycles. The minimum absolute atomic E-state index is 0.0596. The van der Waals surface area contributed by atoms with Crippen LogP contribution in [0.2, 0.25) is 0 Å². The quantitative estimate of drug-likeness (QED) is 0.746. The van der Waals surface area contributed by atoms with Crippen LogP contribution in [0.3, 0.4) is 0 Å². The number of fused-ring (bicyclic) bond motifs is 4. The minimum Gasteiger partial charge on any atom is -0.480 e. The largest absolute Gasteiger partial charge is 0.480 e. The van der Waals surface area contributed by atoms with Crippen molar-refractivity contribution in [2.24, 2.45) is 5.92 Å². The van der Waals surface area contributed by atoms with Gasteiger partial charge < -0.3 is 19.9 Å². The highest BCUT2D eigenvalue weighted by Crippen LogP contribution is 2.34. The second kappa shape index (κ2) is 7.78. The highest BCUT2D eigenvalue weighted by atomic mass is 32.2. The number of pyridine rings is 1. The molecule has 3 atom stereocenters. The van der Waals surface area contributed by atoms with E-state index in [0.29, 0.717) is 24.0 Å². The Balaban J connectivity index is 1.70. The number of piperidine rings is 1. The predicted molar refractivity (Wildman–Crippen MR) is 103 cm³/mol. The molecule has 136 valence electrons. The smallest absolute Gasteiger partial charge is 0.326 e. The average Bonchev–Trinajstić information content (AvgIpc) is 2.59. The van der Waals surface area contributed by atoms with E-state index in [-0.39, 0.29) is 11.5 Å². The maximum absolute atomic E-state index is 12.1. The summed E-state index contributed by atoms with van der Waals surface area (Å²) in [6.07, 6.45) is 3.55. The normalized spacial score (nSPS) is 22.8. The van der Waals surface area contributed by atoms with Gasteiger partial charge in [-0.1, -0.05) is 6.07 Å². The third kappa shape index (κ3) is 4.00. The number of nitrogens with zero attached hydrogens (tertiary/aromatic N) is 2. The zero-order valence-electron chi connectivity index (χ0n) is 14.2. The van der Waals surface area contributed by atoms with Crippen LogP contribution in [0.4, 0.5) is 0 Å². The molecule has 0 aliphatic carbocycles. The highest BCUT2D eigenvalue weighted by Gasteiger charge is 2.35. The van der Waals surface area contributed by atoms with E-state index in [9.17, 15) is 14.7 Å². The summed E-state index contributed by atoms with van der Waals surface area (Å²) in [5.41, 5.74) is 1.12. The monoisotopic (exact) mass is 381 g/mol. The van der Waals surface area contributed by atoms with Crippen LogP contribution in [0.5, 0.6) is 0 Å². The third-order valence-corrected chi connectivity index (χ3v) is 5.99. The second-order valence-electron chi connectivity index (χ2n) is 6.72. The summed E-state index contributed by atoms with van der Waals surface area (Å²) in [5, 5.41) is 12.9. The average molecular weight is 382 g/mol. The molecule has 2 aliphatic rings. The summed E-state index contributed by atoms with van der Waals surface area (Å²) >= 11 is 7.12. The fourth-order valence-electron chi connectivity index (χ4n) is 3.80. The molecular weight excluding hydrogens is 358 g/mol. The maximum Gasteiger partial charge on any atom is 0.326 e. The van der Waals surface area contributed by atoms with Crippen molar-refractivity contribution in [3.8, 4) is 0 Å². The number of rotatable bonds is 5. The van der Waals surface area contributed by atoms with Crippen molar-refractivity contribution in [1.82, 2.24) is 14.8 Å². The molecule has 0 unspecified atom stereocenters. The lowest BCUT2D eigenvalue weighted by molar-refractivity contribution is -0.139. The van der Waals surface area contributed by atoms with Crippen LogP contribution in [0, 0.1) is 5.92 Å². The van der Waals surface area contributed by atoms with Crippen molar-refractivity contribution in [2.45, 2.75) is 31.3 Å². The summed E-state index contributed by atoms with van der Waals surface area (Å²) in [4.78, 5) is 25.6. The van der Waals surface area contributed by atoms with Crippen LogP contribution in [0.1, 0.15) is 24.5 Å². The van der Waals surface area contributed by atoms with Crippen LogP contribution < -0.4 is 10.9 Å². The van der Waals surface area contributed by atoms with E-state index >= 15 is 0 Å². The molecule has 0 spiro atoms. The van der Waals surface area contributed by atoms with Crippen molar-refractivity contribution >= 4 is 35.1 Å². The van der Waals surface area contributed by atoms with E-state index in [1.165, 1.54) is 0 Å². The molecule has 0 aromatic carbocycles. The van der Waals surface area contributed by atoms with Gasteiger partial charge >= 0.3 is 5.97 Å². The fourth-order valence-corrected chi connectivity index (χ4v) is 4.56. The van der Waals surface area contributed by atoms with Gasteiger partial charge in [0.2, 0.25) is 0 Å². The Hall–Kier alpha value is -1.54. The zero-order valence-corrected chi connectivity index (χ0v) is 15.8. The lowest BCUT2D eigenvalue weighted by Gasteiger charge is -2.44. The molecule has 8 heteroatoms. The van der Waals surface area contributed by atoms with Gasteiger partial charge in [0, 0.05) is 37.3 Å². The van der Waals surface area contributed by atoms with Gasteiger partial charge in [-0.15, -0.1) is 0 Å². The van der Waals surface area contributed by atoms with Gasteiger partial charge in [-0.25, -0.2) is 4.79 Å². The Bertz CT molecular complexity index is 721. The molecule has 2 aliphatic heterocycles. The van der Waals surface area contributed by atoms with Crippen LogP contribution in [0.25, 0.3) is 0 Å². The summed E-state index contributed by atoms with van der Waals surface area (Å²) in [5.74, 6) is 0.524. The van der Waals surface area contributed by atoms with E-state index in [1.54, 1.807) is 17.8 Å². The Morgan fingerprint density at radius 3 is 2.96 bits per heavy atom. The number of aliphatic carboxylic acids is 1. The Morgan fingerprint density at radius 1 is 1.44 bits per heavy atom. The first-order valence-corrected chi connectivity index (χ1v) is 10.3. The zero-order chi connectivity index (χ0) is 18.0. The van der Waals surface area contributed by atoms with Crippen LogP contribution in [-0.2, 0) is 11.3 Å². The molecule has 0 radical (unpaired) electrons. The first kappa shape index (κ1) is 18.3. The maximum atomic E-state index is 12.1. The topological polar surface area (TPSA) is 74.6 Å². The fraction of sp³-hybridized carbons (Fsp3) is 0.588. The van der Waals surface area contributed by atoms with Crippen molar-refractivity contribution in [1.29, 1.82) is 0 Å². The van der Waals surface area contributed by atoms with E-state index in [1.807, 2.05) is 23.0 Å². The number of aromatic nitrogens is 1. The standard InChI is InChI=1S/C17H23N3O3S2/c1-25-6-5-13(16(22)23)18-17(24)19-8-11-7-12(10-19)14-3-2-4-15(21)20(14)9-11/h2-4,11-13H,5-10H2,1H3,(H,18,24)(H,22,23)/t11-,12-,13+/m0/s1. The molecular formula is C17H23N3O3S2. The number of thioether (sulfide) groups is 1. The molecule has 2 N–H and O–H groups in total. The number of hydrogen-bond donors (Lipinski definition) is 2. The third-order valence-electron chi connectivity index (χ3n) is 4.97. The minimum atomic E-state index is -0.870. The van der Waals surface area contributed by atoms with E-state index < -0.39 is 12.0 Å². The molecule has 3 heterocycles. The highest BCUT2D eigenvalue weighted by molar-refractivity contribution is 7.98. The van der Waals surface area contributed by atoms with Crippen molar-refractivity contribution in [3.63, 3.8) is 0 Å². The van der Waals surface area contributed by atoms with Crippen molar-refractivity contribution in [3.05, 3.63) is 34.2 Å². The Labute approximate surface area is 156 Å². The summed E-state index contributed by atoms with van der Waals surface area (Å²) in [7, 11) is 0. The van der Waals surface area contributed by atoms with E-state index in [0.717, 1.165) is 31.0 Å². The first-order valence-electron chi connectivity index (χ1n) is 8.46. The molecule has 1 saturated heterocycles. The SMILES string of the molecule is CSCC[C@@H](NC(=S)N1C[C@@H]2C[C@@H](C1)c1cccc(=O)n1C2)C(=O)O. The summed E-state index contributed by atoms with van der Waals surface area (Å²) in [6, 6.07) is 4.78. The van der Waals surface area contributed by atoms with Gasteiger partial charge in [-0.05, 0) is 49.1 Å². The summed E-state index contributed by atoms with van der Waals surface area (Å²) < 4.78 is 1.88. The van der Waals surface area contributed by atoms with Gasteiger partial charge in [0.1, 0.15) is 6.04 Å². The lowest BCUT2D eigenvalue weighted by atomic mass is 9.83. The van der Waals surface area contributed by atoms with E-state index in [4.69, 9.17) is 12.2 Å². The second-order valence-corrected chi connectivity index (χ2v) is 8.10. The number of carbonyl (C=O) groups is 1. The molecule has 25 heavy (non-hydrogen) atoms. The van der Waals surface area contributed by atoms with Crippen molar-refractivity contribution in [2.75, 3.05) is 25.1 Å². The Kier molecular flexibility index (Phi) is 5.68. The molecule has 2 bridgehead atoms. The molecule has 1 fully saturated rings. The molecule has 3 rings (SSSR count). The van der Waals surface area contributed by atoms with Crippen LogP contribution in [-0.4, -0.2) is 56.8 Å². The van der Waals surface area contributed by atoms with Crippen LogP contribution >= 0.6 is 24.0 Å². The molecule has 0 amide bonds. The van der Waals surface area contributed by atoms with Gasteiger partial charge in [-0.2, -0.15) is 11.8 Å². The van der Waals surface area contributed by atoms with Gasteiger partial charge in [0.15, 0.2) is 5.11 Å². The number of nitrogens with one attached hydrogen (secondary N) is 1. The van der Waals surface area contributed by atoms with Gasteiger partial charge in [-0.3, -0.25) is 4.79 Å². The molecule has 6 nitrogen and oxygen atoms in total. The number of hydrogen-bond acceptors (Lipinski definition) is 4. The molecule has 1 aromatic rings. The van der Waals surface area contributed by atoms with Gasteiger partial charge in [0.25, 0.3) is 5.56 Å². The van der Waals surface area contributed by atoms with E-state index in [2.05, 4.69) is 10.2 Å². The van der Waals surface area contributed by atoms with Crippen LogP contribution in [0.15, 0.2) is 23.0 Å². The number of thiocarbonyl (C=S) groups is 1. The lowest BCUT2D eigenvalue weighted by Crippen LogP contribution is -2.54. The summed E-state index contributed by atoms with van der Waals surface area (Å²) in [6.45, 7) is 2.19. The molecule has 0 saturated carbocycles. The van der Waals surface area contributed by atoms with Crippen molar-refractivity contribution < 1.29 is 9.90 Å². The predicted octanol–water partition coefficient (Wildman–Crippen LogP) is 1.35.